The molecular weight excluding hydrogens is 364 g/mol. The second-order valence-corrected chi connectivity index (χ2v) is 7.20. The van der Waals surface area contributed by atoms with Crippen molar-refractivity contribution < 1.29 is 9.53 Å². The normalized spacial score (nSPS) is 12.7. The summed E-state index contributed by atoms with van der Waals surface area (Å²) in [6, 6.07) is 16.5. The van der Waals surface area contributed by atoms with Gasteiger partial charge in [-0.2, -0.15) is 5.10 Å². The van der Waals surface area contributed by atoms with Crippen molar-refractivity contribution in [1.29, 1.82) is 0 Å². The Morgan fingerprint density at radius 3 is 2.79 bits per heavy atom. The molecule has 29 heavy (non-hydrogen) atoms. The Morgan fingerprint density at radius 2 is 1.97 bits per heavy atom. The van der Waals surface area contributed by atoms with Gasteiger partial charge in [-0.1, -0.05) is 30.3 Å². The fraction of sp³-hybridized carbons (Fsp3) is 0.304. The summed E-state index contributed by atoms with van der Waals surface area (Å²) in [5.74, 6) is 1.01. The zero-order chi connectivity index (χ0) is 19.9. The molecular formula is C23H26N4O2. The van der Waals surface area contributed by atoms with Gasteiger partial charge in [-0.15, -0.1) is 0 Å². The number of ether oxygens (including phenoxy) is 1. The predicted octanol–water partition coefficient (Wildman–Crippen LogP) is 3.76. The first kappa shape index (κ1) is 19.1. The molecule has 0 unspecified atom stereocenters. The van der Waals surface area contributed by atoms with E-state index >= 15 is 0 Å². The number of amides is 2. The number of aryl methyl sites for hydroxylation is 2. The Labute approximate surface area is 170 Å². The summed E-state index contributed by atoms with van der Waals surface area (Å²) >= 11 is 0. The number of urea groups is 1. The minimum Gasteiger partial charge on any atom is -0.493 e. The highest BCUT2D eigenvalue weighted by Crippen LogP contribution is 2.30. The van der Waals surface area contributed by atoms with E-state index in [1.807, 2.05) is 16.9 Å². The number of hydrogen-bond donors (Lipinski definition) is 2. The molecule has 2 heterocycles. The second-order valence-electron chi connectivity index (χ2n) is 7.20. The molecule has 0 saturated heterocycles. The maximum atomic E-state index is 11.9. The van der Waals surface area contributed by atoms with Crippen molar-refractivity contribution in [2.45, 2.75) is 32.4 Å². The van der Waals surface area contributed by atoms with Crippen LogP contribution in [0.2, 0.25) is 0 Å². The largest absolute Gasteiger partial charge is 0.493 e. The standard InChI is InChI=1S/C23H26N4O2/c28-23(24-11-2-13-27-14-3-12-26-27)25-17-18-5-7-19(8-6-18)20-9-10-22-21(16-20)4-1-15-29-22/h3,5-10,12,14,16H,1-2,4,11,13,15,17H2,(H2,24,25,28). The Hall–Kier alpha value is -3.28. The molecule has 2 N–H and O–H groups in total. The van der Waals surface area contributed by atoms with Crippen LogP contribution in [0.4, 0.5) is 4.79 Å². The fourth-order valence-electron chi connectivity index (χ4n) is 3.48. The summed E-state index contributed by atoms with van der Waals surface area (Å²) in [4.78, 5) is 11.9. The lowest BCUT2D eigenvalue weighted by Crippen LogP contribution is -2.35. The highest BCUT2D eigenvalue weighted by Gasteiger charge is 2.11. The Bertz CT molecular complexity index is 936. The molecule has 1 aliphatic heterocycles. The molecule has 0 spiro atoms. The lowest BCUT2D eigenvalue weighted by Gasteiger charge is -2.18. The van der Waals surface area contributed by atoms with Crippen molar-refractivity contribution >= 4 is 6.03 Å². The molecule has 0 bridgehead atoms. The molecule has 0 aliphatic carbocycles. The van der Waals surface area contributed by atoms with Crippen LogP contribution in [0, 0.1) is 0 Å². The SMILES string of the molecule is O=C(NCCCn1cccn1)NCc1ccc(-c2ccc3c(c2)CCCO3)cc1. The van der Waals surface area contributed by atoms with Crippen molar-refractivity contribution in [3.63, 3.8) is 0 Å². The lowest BCUT2D eigenvalue weighted by molar-refractivity contribution is 0.240. The van der Waals surface area contributed by atoms with Gasteiger partial charge >= 0.3 is 6.03 Å². The van der Waals surface area contributed by atoms with Crippen LogP contribution in [-0.2, 0) is 19.5 Å². The third-order valence-corrected chi connectivity index (χ3v) is 5.06. The minimum atomic E-state index is -0.149. The number of aromatic nitrogens is 2. The van der Waals surface area contributed by atoms with Gasteiger partial charge in [0.25, 0.3) is 0 Å². The van der Waals surface area contributed by atoms with Gasteiger partial charge < -0.3 is 15.4 Å². The number of fused-ring (bicyclic) bond motifs is 1. The van der Waals surface area contributed by atoms with Crippen molar-refractivity contribution in [3.8, 4) is 16.9 Å². The second kappa shape index (κ2) is 9.28. The summed E-state index contributed by atoms with van der Waals surface area (Å²) in [6.07, 6.45) is 6.66. The molecule has 4 rings (SSSR count). The van der Waals surface area contributed by atoms with E-state index in [-0.39, 0.29) is 6.03 Å². The summed E-state index contributed by atoms with van der Waals surface area (Å²) in [5.41, 5.74) is 4.72. The predicted molar refractivity (Wildman–Crippen MR) is 113 cm³/mol. The number of carbonyl (C=O) groups excluding carboxylic acids is 1. The Balaban J connectivity index is 1.23. The van der Waals surface area contributed by atoms with E-state index in [0.29, 0.717) is 13.1 Å². The van der Waals surface area contributed by atoms with Crippen LogP contribution in [0.15, 0.2) is 60.9 Å². The molecule has 3 aromatic rings. The number of hydrogen-bond acceptors (Lipinski definition) is 3. The van der Waals surface area contributed by atoms with Gasteiger partial charge in [0.15, 0.2) is 0 Å². The number of benzene rings is 2. The molecule has 2 aromatic carbocycles. The fourth-order valence-corrected chi connectivity index (χ4v) is 3.48. The number of carbonyl (C=O) groups is 1. The van der Waals surface area contributed by atoms with Crippen LogP contribution in [0.3, 0.4) is 0 Å². The van der Waals surface area contributed by atoms with Crippen LogP contribution in [-0.4, -0.2) is 29.0 Å². The first-order valence-corrected chi connectivity index (χ1v) is 10.1. The molecule has 0 atom stereocenters. The summed E-state index contributed by atoms with van der Waals surface area (Å²) < 4.78 is 7.55. The van der Waals surface area contributed by atoms with Crippen molar-refractivity contribution in [3.05, 3.63) is 72.1 Å². The molecule has 6 heteroatoms. The summed E-state index contributed by atoms with van der Waals surface area (Å²) in [5, 5.41) is 9.92. The van der Waals surface area contributed by atoms with Crippen LogP contribution < -0.4 is 15.4 Å². The van der Waals surface area contributed by atoms with E-state index in [2.05, 4.69) is 58.2 Å². The smallest absolute Gasteiger partial charge is 0.315 e. The minimum absolute atomic E-state index is 0.149. The molecule has 1 aromatic heterocycles. The Kier molecular flexibility index (Phi) is 6.10. The third kappa shape index (κ3) is 5.16. The third-order valence-electron chi connectivity index (χ3n) is 5.06. The molecule has 1 aliphatic rings. The van der Waals surface area contributed by atoms with Gasteiger partial charge in [0, 0.05) is 32.0 Å². The zero-order valence-corrected chi connectivity index (χ0v) is 16.4. The van der Waals surface area contributed by atoms with E-state index in [9.17, 15) is 4.79 Å². The van der Waals surface area contributed by atoms with Gasteiger partial charge in [0.1, 0.15) is 5.75 Å². The molecule has 0 saturated carbocycles. The van der Waals surface area contributed by atoms with E-state index < -0.39 is 0 Å². The van der Waals surface area contributed by atoms with Crippen molar-refractivity contribution in [1.82, 2.24) is 20.4 Å². The van der Waals surface area contributed by atoms with Crippen LogP contribution in [0.1, 0.15) is 24.0 Å². The van der Waals surface area contributed by atoms with Gasteiger partial charge in [0.2, 0.25) is 0 Å². The van der Waals surface area contributed by atoms with Gasteiger partial charge in [-0.3, -0.25) is 4.68 Å². The molecule has 2 amide bonds. The molecule has 0 fully saturated rings. The van der Waals surface area contributed by atoms with Crippen LogP contribution in [0.5, 0.6) is 5.75 Å². The van der Waals surface area contributed by atoms with Gasteiger partial charge in [-0.25, -0.2) is 4.79 Å². The zero-order valence-electron chi connectivity index (χ0n) is 16.4. The van der Waals surface area contributed by atoms with E-state index in [1.54, 1.807) is 6.20 Å². The number of nitrogens with one attached hydrogen (secondary N) is 2. The average molecular weight is 390 g/mol. The summed E-state index contributed by atoms with van der Waals surface area (Å²) in [7, 11) is 0. The first-order chi connectivity index (χ1) is 14.3. The number of nitrogens with zero attached hydrogens (tertiary/aromatic N) is 2. The first-order valence-electron chi connectivity index (χ1n) is 10.1. The van der Waals surface area contributed by atoms with Crippen molar-refractivity contribution in [2.24, 2.45) is 0 Å². The average Bonchev–Trinajstić information content (AvgIpc) is 3.29. The monoisotopic (exact) mass is 390 g/mol. The molecule has 6 nitrogen and oxygen atoms in total. The molecule has 0 radical (unpaired) electrons. The van der Waals surface area contributed by atoms with Gasteiger partial charge in [0.05, 0.1) is 6.61 Å². The maximum Gasteiger partial charge on any atom is 0.315 e. The van der Waals surface area contributed by atoms with Crippen molar-refractivity contribution in [2.75, 3.05) is 13.2 Å². The molecule has 150 valence electrons. The Morgan fingerprint density at radius 1 is 1.10 bits per heavy atom. The van der Waals surface area contributed by atoms with Gasteiger partial charge in [-0.05, 0) is 59.7 Å². The highest BCUT2D eigenvalue weighted by atomic mass is 16.5. The van der Waals surface area contributed by atoms with E-state index in [0.717, 1.165) is 43.7 Å². The highest BCUT2D eigenvalue weighted by molar-refractivity contribution is 5.73. The summed E-state index contributed by atoms with van der Waals surface area (Å²) in [6.45, 7) is 2.73. The lowest BCUT2D eigenvalue weighted by atomic mass is 9.98. The van der Waals surface area contributed by atoms with E-state index in [1.165, 1.54) is 16.7 Å². The van der Waals surface area contributed by atoms with Crippen LogP contribution >= 0.6 is 0 Å². The van der Waals surface area contributed by atoms with Crippen LogP contribution in [0.25, 0.3) is 11.1 Å². The number of rotatable bonds is 7. The topological polar surface area (TPSA) is 68.2 Å². The maximum absolute atomic E-state index is 11.9. The quantitative estimate of drug-likeness (QED) is 0.604. The van der Waals surface area contributed by atoms with E-state index in [4.69, 9.17) is 4.74 Å².